The van der Waals surface area contributed by atoms with Crippen molar-refractivity contribution in [3.05, 3.63) is 22.8 Å². The molecule has 1 heterocycles. The molecule has 0 saturated heterocycles. The van der Waals surface area contributed by atoms with E-state index in [4.69, 9.17) is 11.6 Å². The lowest BCUT2D eigenvalue weighted by Crippen LogP contribution is -2.28. The second-order valence-corrected chi connectivity index (χ2v) is 3.92. The van der Waals surface area contributed by atoms with Gasteiger partial charge in [-0.05, 0) is 12.1 Å². The molecule has 106 valence electrons. The first-order chi connectivity index (χ1) is 9.02. The molecule has 5 nitrogen and oxygen atoms in total. The Kier molecular flexibility index (Phi) is 6.44. The monoisotopic (exact) mass is 293 g/mol. The molecule has 2 N–H and O–H groups in total. The molecule has 0 fully saturated rings. The Morgan fingerprint density at radius 3 is 2.89 bits per heavy atom. The van der Waals surface area contributed by atoms with Crippen molar-refractivity contribution in [3.63, 3.8) is 0 Å². The highest BCUT2D eigenvalue weighted by Gasteiger charge is 2.08. The maximum atomic E-state index is 11.8. The molecule has 19 heavy (non-hydrogen) atoms. The number of ether oxygens (including phenoxy) is 1. The minimum Gasteiger partial charge on any atom is -0.374 e. The number of nitrogens with zero attached hydrogens (tertiary/aromatic N) is 1. The number of rotatable bonds is 7. The van der Waals surface area contributed by atoms with Crippen molar-refractivity contribution in [2.45, 2.75) is 6.43 Å². The Bertz CT molecular complexity index is 432. The summed E-state index contributed by atoms with van der Waals surface area (Å²) in [5.41, 5.74) is 0.332. The lowest BCUT2D eigenvalue weighted by Gasteiger charge is -2.07. The molecule has 1 rings (SSSR count). The van der Waals surface area contributed by atoms with Gasteiger partial charge in [0.25, 0.3) is 12.3 Å². The quantitative estimate of drug-likeness (QED) is 0.594. The smallest absolute Gasteiger partial charge is 0.261 e. The molecular weight excluding hydrogens is 280 g/mol. The normalized spacial score (nSPS) is 10.6. The number of aromatic nitrogens is 1. The van der Waals surface area contributed by atoms with Gasteiger partial charge in [-0.3, -0.25) is 4.79 Å². The van der Waals surface area contributed by atoms with Crippen LogP contribution in [0.1, 0.15) is 10.4 Å². The van der Waals surface area contributed by atoms with Crippen molar-refractivity contribution < 1.29 is 18.3 Å². The molecule has 1 aromatic heterocycles. The first-order valence-corrected chi connectivity index (χ1v) is 5.90. The standard InChI is InChI=1S/C11H14ClF2N3O2/c1-15-10-5-7(4-8(12)17-10)11(18)16-2-3-19-6-9(13)14/h4-5,9H,2-3,6H2,1H3,(H,15,17)(H,16,18). The Labute approximate surface area is 114 Å². The molecule has 0 aliphatic rings. The van der Waals surface area contributed by atoms with Crippen molar-refractivity contribution in [1.29, 1.82) is 0 Å². The Hall–Kier alpha value is -1.47. The lowest BCUT2D eigenvalue weighted by molar-refractivity contribution is 0.0188. The van der Waals surface area contributed by atoms with E-state index in [1.54, 1.807) is 7.05 Å². The Morgan fingerprint density at radius 2 is 2.26 bits per heavy atom. The van der Waals surface area contributed by atoms with Crippen LogP contribution in [0.5, 0.6) is 0 Å². The average molecular weight is 294 g/mol. The molecular formula is C11H14ClF2N3O2. The van der Waals surface area contributed by atoms with Crippen LogP contribution < -0.4 is 10.6 Å². The van der Waals surface area contributed by atoms with Crippen LogP contribution in [0.3, 0.4) is 0 Å². The van der Waals surface area contributed by atoms with Crippen LogP contribution in [0.25, 0.3) is 0 Å². The molecule has 1 aromatic rings. The van der Waals surface area contributed by atoms with Gasteiger partial charge in [0.15, 0.2) is 0 Å². The molecule has 0 unspecified atom stereocenters. The van der Waals surface area contributed by atoms with E-state index >= 15 is 0 Å². The first-order valence-electron chi connectivity index (χ1n) is 5.52. The zero-order chi connectivity index (χ0) is 14.3. The van der Waals surface area contributed by atoms with Gasteiger partial charge in [0, 0.05) is 19.2 Å². The fourth-order valence-corrected chi connectivity index (χ4v) is 1.48. The van der Waals surface area contributed by atoms with E-state index in [2.05, 4.69) is 20.4 Å². The molecule has 1 amide bonds. The third-order valence-electron chi connectivity index (χ3n) is 2.09. The number of hydrogen-bond donors (Lipinski definition) is 2. The maximum absolute atomic E-state index is 11.8. The number of halogens is 3. The summed E-state index contributed by atoms with van der Waals surface area (Å²) in [5.74, 6) is 0.0908. The number of amides is 1. The zero-order valence-corrected chi connectivity index (χ0v) is 11.0. The van der Waals surface area contributed by atoms with E-state index in [0.717, 1.165) is 0 Å². The number of carbonyl (C=O) groups is 1. The second-order valence-electron chi connectivity index (χ2n) is 3.54. The van der Waals surface area contributed by atoms with Crippen molar-refractivity contribution in [1.82, 2.24) is 10.3 Å². The Balaban J connectivity index is 2.43. The van der Waals surface area contributed by atoms with Gasteiger partial charge in [-0.2, -0.15) is 0 Å². The zero-order valence-electron chi connectivity index (χ0n) is 10.3. The molecule has 0 bridgehead atoms. The topological polar surface area (TPSA) is 63.2 Å². The van der Waals surface area contributed by atoms with Gasteiger partial charge in [-0.1, -0.05) is 11.6 Å². The summed E-state index contributed by atoms with van der Waals surface area (Å²) in [6.45, 7) is -0.477. The highest BCUT2D eigenvalue weighted by molar-refractivity contribution is 6.29. The third-order valence-corrected chi connectivity index (χ3v) is 2.28. The number of alkyl halides is 2. The van der Waals surface area contributed by atoms with Crippen molar-refractivity contribution in [2.24, 2.45) is 0 Å². The van der Waals surface area contributed by atoms with E-state index < -0.39 is 13.0 Å². The van der Waals surface area contributed by atoms with E-state index in [1.165, 1.54) is 12.1 Å². The molecule has 0 aromatic carbocycles. The minimum absolute atomic E-state index is 0.0216. The van der Waals surface area contributed by atoms with Gasteiger partial charge >= 0.3 is 0 Å². The van der Waals surface area contributed by atoms with Crippen molar-refractivity contribution in [3.8, 4) is 0 Å². The fourth-order valence-electron chi connectivity index (χ4n) is 1.27. The summed E-state index contributed by atoms with van der Waals surface area (Å²) in [7, 11) is 1.65. The Morgan fingerprint density at radius 1 is 1.53 bits per heavy atom. The SMILES string of the molecule is CNc1cc(C(=O)NCCOCC(F)F)cc(Cl)n1. The van der Waals surface area contributed by atoms with Crippen LogP contribution in [0.4, 0.5) is 14.6 Å². The highest BCUT2D eigenvalue weighted by Crippen LogP contribution is 2.13. The highest BCUT2D eigenvalue weighted by atomic mass is 35.5. The van der Waals surface area contributed by atoms with Crippen molar-refractivity contribution >= 4 is 23.3 Å². The molecule has 0 aliphatic heterocycles. The van der Waals surface area contributed by atoms with Crippen LogP contribution in [-0.4, -0.2) is 44.1 Å². The van der Waals surface area contributed by atoms with E-state index in [9.17, 15) is 13.6 Å². The molecule has 8 heteroatoms. The van der Waals surface area contributed by atoms with Crippen LogP contribution in [0.15, 0.2) is 12.1 Å². The van der Waals surface area contributed by atoms with Crippen LogP contribution >= 0.6 is 11.6 Å². The fraction of sp³-hybridized carbons (Fsp3) is 0.455. The summed E-state index contributed by atoms with van der Waals surface area (Å²) in [5, 5.41) is 5.48. The largest absolute Gasteiger partial charge is 0.374 e. The third kappa shape index (κ3) is 5.80. The summed E-state index contributed by atoms with van der Waals surface area (Å²) >= 11 is 5.75. The first kappa shape index (κ1) is 15.6. The number of nitrogens with one attached hydrogen (secondary N) is 2. The van der Waals surface area contributed by atoms with E-state index in [1.807, 2.05) is 0 Å². The van der Waals surface area contributed by atoms with Gasteiger partial charge in [0.2, 0.25) is 0 Å². The summed E-state index contributed by atoms with van der Waals surface area (Å²) in [6.07, 6.45) is -2.51. The molecule has 0 spiro atoms. The lowest BCUT2D eigenvalue weighted by atomic mass is 10.2. The minimum atomic E-state index is -2.51. The van der Waals surface area contributed by atoms with Gasteiger partial charge in [-0.15, -0.1) is 0 Å². The maximum Gasteiger partial charge on any atom is 0.261 e. The van der Waals surface area contributed by atoms with Gasteiger partial charge in [0.05, 0.1) is 6.61 Å². The van der Waals surface area contributed by atoms with Gasteiger partial charge in [0.1, 0.15) is 17.6 Å². The number of hydrogen-bond acceptors (Lipinski definition) is 4. The molecule has 0 radical (unpaired) electrons. The number of anilines is 1. The summed E-state index contributed by atoms with van der Waals surface area (Å²) in [6, 6.07) is 2.94. The molecule has 0 atom stereocenters. The van der Waals surface area contributed by atoms with Crippen molar-refractivity contribution in [2.75, 3.05) is 32.1 Å². The summed E-state index contributed by atoms with van der Waals surface area (Å²) < 4.78 is 28.2. The molecule has 0 aliphatic carbocycles. The van der Waals surface area contributed by atoms with Crippen LogP contribution in [0, 0.1) is 0 Å². The predicted octanol–water partition coefficient (Wildman–Crippen LogP) is 1.79. The second kappa shape index (κ2) is 7.85. The van der Waals surface area contributed by atoms with Gasteiger partial charge < -0.3 is 15.4 Å². The predicted molar refractivity (Wildman–Crippen MR) is 67.9 cm³/mol. The number of pyridine rings is 1. The van der Waals surface area contributed by atoms with E-state index in [-0.39, 0.29) is 24.2 Å². The average Bonchev–Trinajstić information content (AvgIpc) is 2.36. The van der Waals surface area contributed by atoms with Crippen LogP contribution in [0.2, 0.25) is 5.15 Å². The van der Waals surface area contributed by atoms with Gasteiger partial charge in [-0.25, -0.2) is 13.8 Å². The number of carbonyl (C=O) groups excluding carboxylic acids is 1. The van der Waals surface area contributed by atoms with Crippen LogP contribution in [-0.2, 0) is 4.74 Å². The van der Waals surface area contributed by atoms with E-state index in [0.29, 0.717) is 11.4 Å². The molecule has 0 saturated carbocycles. The summed E-state index contributed by atoms with van der Waals surface area (Å²) in [4.78, 5) is 15.7.